The maximum Gasteiger partial charge on any atom is 0.134 e. The van der Waals surface area contributed by atoms with Gasteiger partial charge >= 0.3 is 0 Å². The first-order chi connectivity index (χ1) is 6.77. The fraction of sp³-hybridized carbons (Fsp3) is 0.333. The van der Waals surface area contributed by atoms with E-state index in [0.717, 1.165) is 18.4 Å². The molecule has 0 saturated heterocycles. The van der Waals surface area contributed by atoms with Gasteiger partial charge in [0.1, 0.15) is 5.58 Å². The first kappa shape index (κ1) is 9.60. The molecular weight excluding hydrogens is 196 g/mol. The molecule has 0 bridgehead atoms. The van der Waals surface area contributed by atoms with Crippen molar-refractivity contribution in [3.63, 3.8) is 0 Å². The third-order valence-electron chi connectivity index (χ3n) is 2.37. The lowest BCUT2D eigenvalue weighted by Gasteiger charge is -2.00. The number of aryl methyl sites for hydroxylation is 1. The Balaban J connectivity index is 2.25. The predicted molar refractivity (Wildman–Crippen MR) is 59.9 cm³/mol. The van der Waals surface area contributed by atoms with Gasteiger partial charge in [0.25, 0.3) is 0 Å². The summed E-state index contributed by atoms with van der Waals surface area (Å²) in [7, 11) is 0. The third-order valence-corrected chi connectivity index (χ3v) is 2.59. The summed E-state index contributed by atoms with van der Waals surface area (Å²) in [5.41, 5.74) is 2.22. The van der Waals surface area contributed by atoms with Gasteiger partial charge < -0.3 is 4.42 Å². The summed E-state index contributed by atoms with van der Waals surface area (Å²) in [6.45, 7) is 2.02. The zero-order valence-electron chi connectivity index (χ0n) is 8.16. The van der Waals surface area contributed by atoms with Gasteiger partial charge in [-0.3, -0.25) is 0 Å². The largest absolute Gasteiger partial charge is 0.464 e. The van der Waals surface area contributed by atoms with E-state index in [9.17, 15) is 0 Å². The van der Waals surface area contributed by atoms with Crippen LogP contribution in [0.1, 0.15) is 18.9 Å². The van der Waals surface area contributed by atoms with Crippen LogP contribution >= 0.6 is 11.6 Å². The third kappa shape index (κ3) is 1.93. The minimum Gasteiger partial charge on any atom is -0.464 e. The van der Waals surface area contributed by atoms with Gasteiger partial charge in [-0.2, -0.15) is 0 Å². The molecule has 0 radical (unpaired) electrons. The molecule has 0 aliphatic heterocycles. The second-order valence-corrected chi connectivity index (χ2v) is 4.32. The van der Waals surface area contributed by atoms with Crippen molar-refractivity contribution in [1.29, 1.82) is 0 Å². The summed E-state index contributed by atoms with van der Waals surface area (Å²) >= 11 is 5.92. The Hall–Kier alpha value is -0.950. The van der Waals surface area contributed by atoms with Crippen LogP contribution in [0.4, 0.5) is 0 Å². The number of hydrogen-bond acceptors (Lipinski definition) is 1. The normalized spacial score (nSPS) is 13.3. The minimum absolute atomic E-state index is 0.226. The molecule has 0 fully saturated rings. The average molecular weight is 209 g/mol. The number of furan rings is 1. The van der Waals surface area contributed by atoms with E-state index < -0.39 is 0 Å². The summed E-state index contributed by atoms with van der Waals surface area (Å²) in [5, 5.41) is 1.44. The summed E-state index contributed by atoms with van der Waals surface area (Å²) in [6, 6.07) is 8.10. The van der Waals surface area contributed by atoms with Gasteiger partial charge in [-0.05, 0) is 31.4 Å². The van der Waals surface area contributed by atoms with E-state index in [2.05, 4.69) is 6.07 Å². The molecule has 1 aromatic heterocycles. The molecule has 14 heavy (non-hydrogen) atoms. The second-order valence-electron chi connectivity index (χ2n) is 3.58. The zero-order chi connectivity index (χ0) is 9.97. The van der Waals surface area contributed by atoms with Crippen LogP contribution in [0.3, 0.4) is 0 Å². The van der Waals surface area contributed by atoms with Crippen LogP contribution in [0, 0.1) is 0 Å². The highest BCUT2D eigenvalue weighted by Crippen LogP contribution is 2.22. The van der Waals surface area contributed by atoms with Gasteiger partial charge in [0.15, 0.2) is 0 Å². The molecule has 0 spiro atoms. The Bertz CT molecular complexity index is 417. The van der Waals surface area contributed by atoms with Crippen molar-refractivity contribution in [2.45, 2.75) is 25.1 Å². The minimum atomic E-state index is 0.226. The molecule has 1 heterocycles. The standard InChI is InChI=1S/C12H13ClO/c1-9(13)6-7-10-8-14-12-5-3-2-4-11(10)12/h2-5,8-9H,6-7H2,1H3. The average Bonchev–Trinajstić information content (AvgIpc) is 2.58. The van der Waals surface area contributed by atoms with Crippen LogP contribution in [0.15, 0.2) is 34.9 Å². The molecule has 1 unspecified atom stereocenters. The molecule has 0 aliphatic rings. The molecule has 2 heteroatoms. The van der Waals surface area contributed by atoms with Gasteiger partial charge in [0.2, 0.25) is 0 Å². The van der Waals surface area contributed by atoms with Crippen molar-refractivity contribution >= 4 is 22.6 Å². The van der Waals surface area contributed by atoms with Crippen LogP contribution in [0.2, 0.25) is 0 Å². The topological polar surface area (TPSA) is 13.1 Å². The van der Waals surface area contributed by atoms with E-state index in [1.54, 1.807) is 0 Å². The molecule has 1 aromatic carbocycles. The number of para-hydroxylation sites is 1. The zero-order valence-corrected chi connectivity index (χ0v) is 8.92. The monoisotopic (exact) mass is 208 g/mol. The molecule has 2 aromatic rings. The number of fused-ring (bicyclic) bond motifs is 1. The quantitative estimate of drug-likeness (QED) is 0.696. The molecule has 0 N–H and O–H groups in total. The number of alkyl halides is 1. The SMILES string of the molecule is CC(Cl)CCc1coc2ccccc12. The number of hydrogen-bond donors (Lipinski definition) is 0. The highest BCUT2D eigenvalue weighted by Gasteiger charge is 2.05. The summed E-state index contributed by atoms with van der Waals surface area (Å²) in [5.74, 6) is 0. The smallest absolute Gasteiger partial charge is 0.134 e. The van der Waals surface area contributed by atoms with Crippen LogP contribution in [0.25, 0.3) is 11.0 Å². The molecule has 0 saturated carbocycles. The van der Waals surface area contributed by atoms with Crippen molar-refractivity contribution in [1.82, 2.24) is 0 Å². The Morgan fingerprint density at radius 2 is 2.14 bits per heavy atom. The molecule has 74 valence electrons. The van der Waals surface area contributed by atoms with Crippen LogP contribution in [0.5, 0.6) is 0 Å². The summed E-state index contributed by atoms with van der Waals surface area (Å²) in [6.07, 6.45) is 3.82. The lowest BCUT2D eigenvalue weighted by molar-refractivity contribution is 0.608. The van der Waals surface area contributed by atoms with E-state index >= 15 is 0 Å². The van der Waals surface area contributed by atoms with Gasteiger partial charge in [0.05, 0.1) is 6.26 Å². The van der Waals surface area contributed by atoms with E-state index in [1.165, 1.54) is 10.9 Å². The molecule has 2 rings (SSSR count). The van der Waals surface area contributed by atoms with E-state index in [1.807, 2.05) is 31.4 Å². The predicted octanol–water partition coefficient (Wildman–Crippen LogP) is 3.99. The maximum atomic E-state index is 5.92. The molecular formula is C12H13ClO. The highest BCUT2D eigenvalue weighted by atomic mass is 35.5. The highest BCUT2D eigenvalue weighted by molar-refractivity contribution is 6.20. The molecule has 1 atom stereocenters. The van der Waals surface area contributed by atoms with Crippen molar-refractivity contribution in [2.75, 3.05) is 0 Å². The van der Waals surface area contributed by atoms with Crippen LogP contribution in [-0.4, -0.2) is 5.38 Å². The molecule has 1 nitrogen and oxygen atoms in total. The first-order valence-corrected chi connectivity index (χ1v) is 5.30. The van der Waals surface area contributed by atoms with Crippen molar-refractivity contribution in [2.24, 2.45) is 0 Å². The number of benzene rings is 1. The van der Waals surface area contributed by atoms with Crippen LogP contribution in [-0.2, 0) is 6.42 Å². The van der Waals surface area contributed by atoms with Crippen molar-refractivity contribution in [3.8, 4) is 0 Å². The Kier molecular flexibility index (Phi) is 2.78. The molecule has 0 amide bonds. The Morgan fingerprint density at radius 3 is 2.93 bits per heavy atom. The van der Waals surface area contributed by atoms with Gasteiger partial charge in [-0.15, -0.1) is 11.6 Å². The second kappa shape index (κ2) is 4.05. The summed E-state index contributed by atoms with van der Waals surface area (Å²) in [4.78, 5) is 0. The Labute approximate surface area is 88.7 Å². The van der Waals surface area contributed by atoms with E-state index in [0.29, 0.717) is 0 Å². The van der Waals surface area contributed by atoms with E-state index in [-0.39, 0.29) is 5.38 Å². The van der Waals surface area contributed by atoms with Crippen LogP contribution < -0.4 is 0 Å². The molecule has 0 aliphatic carbocycles. The maximum absolute atomic E-state index is 5.92. The lowest BCUT2D eigenvalue weighted by Crippen LogP contribution is -1.93. The van der Waals surface area contributed by atoms with E-state index in [4.69, 9.17) is 16.0 Å². The Morgan fingerprint density at radius 1 is 1.36 bits per heavy atom. The van der Waals surface area contributed by atoms with Gasteiger partial charge in [-0.25, -0.2) is 0 Å². The summed E-state index contributed by atoms with van der Waals surface area (Å²) < 4.78 is 5.44. The van der Waals surface area contributed by atoms with Crippen molar-refractivity contribution < 1.29 is 4.42 Å². The van der Waals surface area contributed by atoms with Gasteiger partial charge in [0, 0.05) is 10.8 Å². The number of halogens is 1. The number of rotatable bonds is 3. The van der Waals surface area contributed by atoms with Gasteiger partial charge in [-0.1, -0.05) is 18.2 Å². The lowest BCUT2D eigenvalue weighted by atomic mass is 10.1. The fourth-order valence-electron chi connectivity index (χ4n) is 1.58. The van der Waals surface area contributed by atoms with Crippen molar-refractivity contribution in [3.05, 3.63) is 36.1 Å². The fourth-order valence-corrected chi connectivity index (χ4v) is 1.69. The first-order valence-electron chi connectivity index (χ1n) is 4.86.